The first-order valence-electron chi connectivity index (χ1n) is 11.3. The minimum absolute atomic E-state index is 0.0871. The summed E-state index contributed by atoms with van der Waals surface area (Å²) < 4.78 is 39.4. The molecule has 0 unspecified atom stereocenters. The molecule has 2 aliphatic heterocycles. The highest BCUT2D eigenvalue weighted by molar-refractivity contribution is 7.89. The fourth-order valence-electron chi connectivity index (χ4n) is 4.29. The molecule has 0 aromatic heterocycles. The Morgan fingerprint density at radius 2 is 2.09 bits per heavy atom. The van der Waals surface area contributed by atoms with Crippen LogP contribution in [-0.2, 0) is 19.6 Å². The lowest BCUT2D eigenvalue weighted by Gasteiger charge is -2.32. The summed E-state index contributed by atoms with van der Waals surface area (Å²) in [7, 11) is -2.32. The van der Waals surface area contributed by atoms with Crippen LogP contribution in [0.1, 0.15) is 31.7 Å². The van der Waals surface area contributed by atoms with Crippen LogP contribution in [-0.4, -0.2) is 50.8 Å². The molecule has 0 saturated carbocycles. The van der Waals surface area contributed by atoms with E-state index in [9.17, 15) is 18.0 Å². The number of fused-ring (bicyclic) bond motifs is 1. The van der Waals surface area contributed by atoms with Crippen molar-refractivity contribution in [3.63, 3.8) is 0 Å². The number of rotatable bonds is 6. The molecule has 0 radical (unpaired) electrons. The summed E-state index contributed by atoms with van der Waals surface area (Å²) in [5.41, 5.74) is 1.56. The summed E-state index contributed by atoms with van der Waals surface area (Å²) in [6.45, 7) is 3.93. The lowest BCUT2D eigenvalue weighted by atomic mass is 9.98. The Morgan fingerprint density at radius 1 is 1.29 bits per heavy atom. The van der Waals surface area contributed by atoms with Gasteiger partial charge >= 0.3 is 0 Å². The van der Waals surface area contributed by atoms with Gasteiger partial charge in [0.2, 0.25) is 15.9 Å². The molecule has 1 saturated heterocycles. The Balaban J connectivity index is 1.53. The largest absolute Gasteiger partial charge is 0.497 e. The molecule has 0 aliphatic carbocycles. The minimum Gasteiger partial charge on any atom is -0.497 e. The molecule has 2 amide bonds. The SMILES string of the molecule is CC[C@@H]1Oc2cc(S(=O)(=O)N3CCC[C@H](C(=O)Nc4cccc(OC)c4)C3)c(C)cc2NC1=O. The molecule has 0 bridgehead atoms. The number of methoxy groups -OCH3 is 1. The van der Waals surface area contributed by atoms with Crippen molar-refractivity contribution in [1.29, 1.82) is 0 Å². The topological polar surface area (TPSA) is 114 Å². The van der Waals surface area contributed by atoms with Crippen LogP contribution in [0.15, 0.2) is 41.3 Å². The molecular weight excluding hydrogens is 458 g/mol. The number of ether oxygens (including phenoxy) is 2. The van der Waals surface area contributed by atoms with Gasteiger partial charge in [-0.2, -0.15) is 4.31 Å². The predicted molar refractivity (Wildman–Crippen MR) is 128 cm³/mol. The minimum atomic E-state index is -3.87. The van der Waals surface area contributed by atoms with Crippen molar-refractivity contribution in [3.8, 4) is 11.5 Å². The number of anilines is 2. The normalized spacial score (nSPS) is 20.6. The van der Waals surface area contributed by atoms with Gasteiger partial charge in [0.05, 0.1) is 23.6 Å². The molecular formula is C24H29N3O6S. The standard InChI is InChI=1S/C24H29N3O6S/c1-4-20-24(29)26-19-11-15(2)22(13-21(19)33-20)34(30,31)27-10-6-7-16(14-27)23(28)25-17-8-5-9-18(12-17)32-3/h5,8-9,11-13,16,20H,4,6-7,10,14H2,1-3H3,(H,25,28)(H,26,29)/t16-,20-/m0/s1. The zero-order valence-corrected chi connectivity index (χ0v) is 20.3. The second-order valence-corrected chi connectivity index (χ2v) is 10.4. The highest BCUT2D eigenvalue weighted by atomic mass is 32.2. The highest BCUT2D eigenvalue weighted by Gasteiger charge is 2.36. The smallest absolute Gasteiger partial charge is 0.265 e. The molecule has 0 spiro atoms. The van der Waals surface area contributed by atoms with E-state index in [2.05, 4.69) is 10.6 Å². The van der Waals surface area contributed by atoms with Crippen LogP contribution in [0, 0.1) is 12.8 Å². The van der Waals surface area contributed by atoms with Crippen molar-refractivity contribution in [2.45, 2.75) is 44.1 Å². The first kappa shape index (κ1) is 24.0. The van der Waals surface area contributed by atoms with E-state index in [0.29, 0.717) is 54.2 Å². The Labute approximate surface area is 199 Å². The first-order valence-corrected chi connectivity index (χ1v) is 12.7. The van der Waals surface area contributed by atoms with E-state index in [1.54, 1.807) is 44.4 Å². The maximum absolute atomic E-state index is 13.6. The second kappa shape index (κ2) is 9.63. The van der Waals surface area contributed by atoms with Crippen molar-refractivity contribution >= 4 is 33.2 Å². The van der Waals surface area contributed by atoms with E-state index in [1.807, 2.05) is 6.92 Å². The Hall–Kier alpha value is -3.11. The number of nitrogens with zero attached hydrogens (tertiary/aromatic N) is 1. The summed E-state index contributed by atoms with van der Waals surface area (Å²) in [5, 5.41) is 5.64. The molecule has 9 nitrogen and oxygen atoms in total. The maximum atomic E-state index is 13.6. The van der Waals surface area contributed by atoms with Crippen molar-refractivity contribution in [2.24, 2.45) is 5.92 Å². The number of hydrogen-bond acceptors (Lipinski definition) is 6. The molecule has 2 aliphatic rings. The van der Waals surface area contributed by atoms with Gasteiger partial charge in [-0.1, -0.05) is 13.0 Å². The van der Waals surface area contributed by atoms with Gasteiger partial charge in [0.1, 0.15) is 11.5 Å². The van der Waals surface area contributed by atoms with Gasteiger partial charge in [-0.15, -0.1) is 0 Å². The van der Waals surface area contributed by atoms with E-state index >= 15 is 0 Å². The van der Waals surface area contributed by atoms with Gasteiger partial charge < -0.3 is 20.1 Å². The maximum Gasteiger partial charge on any atom is 0.265 e. The Bertz CT molecular complexity index is 1210. The molecule has 10 heteroatoms. The average molecular weight is 488 g/mol. The molecule has 34 heavy (non-hydrogen) atoms. The van der Waals surface area contributed by atoms with Gasteiger partial charge in [-0.25, -0.2) is 8.42 Å². The Kier molecular flexibility index (Phi) is 6.81. The molecule has 4 rings (SSSR count). The van der Waals surface area contributed by atoms with Gasteiger partial charge in [-0.05, 0) is 49.9 Å². The van der Waals surface area contributed by atoms with Crippen LogP contribution < -0.4 is 20.1 Å². The number of carbonyl (C=O) groups excluding carboxylic acids is 2. The van der Waals surface area contributed by atoms with E-state index in [-0.39, 0.29) is 23.3 Å². The summed E-state index contributed by atoms with van der Waals surface area (Å²) in [6.07, 6.45) is 0.977. The van der Waals surface area contributed by atoms with Crippen LogP contribution in [0.2, 0.25) is 0 Å². The lowest BCUT2D eigenvalue weighted by molar-refractivity contribution is -0.123. The van der Waals surface area contributed by atoms with Gasteiger partial charge in [0.25, 0.3) is 5.91 Å². The molecule has 182 valence electrons. The predicted octanol–water partition coefficient (Wildman–Crippen LogP) is 3.15. The van der Waals surface area contributed by atoms with Gasteiger partial charge in [0, 0.05) is 30.9 Å². The lowest BCUT2D eigenvalue weighted by Crippen LogP contribution is -2.44. The molecule has 2 atom stereocenters. The zero-order valence-electron chi connectivity index (χ0n) is 19.5. The van der Waals surface area contributed by atoms with Crippen LogP contribution in [0.3, 0.4) is 0 Å². The quantitative estimate of drug-likeness (QED) is 0.647. The average Bonchev–Trinajstić information content (AvgIpc) is 2.83. The summed E-state index contributed by atoms with van der Waals surface area (Å²) in [4.78, 5) is 25.1. The monoisotopic (exact) mass is 487 g/mol. The highest BCUT2D eigenvalue weighted by Crippen LogP contribution is 2.36. The number of hydrogen-bond donors (Lipinski definition) is 2. The second-order valence-electron chi connectivity index (χ2n) is 8.54. The van der Waals surface area contributed by atoms with Crippen LogP contribution in [0.5, 0.6) is 11.5 Å². The fourth-order valence-corrected chi connectivity index (χ4v) is 6.04. The van der Waals surface area contributed by atoms with E-state index in [0.717, 1.165) is 0 Å². The van der Waals surface area contributed by atoms with Crippen molar-refractivity contribution in [1.82, 2.24) is 4.31 Å². The molecule has 1 fully saturated rings. The summed E-state index contributed by atoms with van der Waals surface area (Å²) >= 11 is 0. The van der Waals surface area contributed by atoms with Gasteiger partial charge in [0.15, 0.2) is 6.10 Å². The third-order valence-electron chi connectivity index (χ3n) is 6.18. The van der Waals surface area contributed by atoms with Gasteiger partial charge in [-0.3, -0.25) is 9.59 Å². The van der Waals surface area contributed by atoms with Crippen LogP contribution in [0.4, 0.5) is 11.4 Å². The number of aryl methyl sites for hydroxylation is 1. The molecule has 2 aromatic rings. The van der Waals surface area contributed by atoms with E-state index in [4.69, 9.17) is 9.47 Å². The molecule has 2 heterocycles. The number of sulfonamides is 1. The molecule has 2 aromatic carbocycles. The van der Waals surface area contributed by atoms with E-state index < -0.39 is 22.0 Å². The number of amides is 2. The summed E-state index contributed by atoms with van der Waals surface area (Å²) in [6, 6.07) is 10.1. The van der Waals surface area contributed by atoms with Crippen molar-refractivity contribution in [3.05, 3.63) is 42.0 Å². The van der Waals surface area contributed by atoms with Crippen LogP contribution in [0.25, 0.3) is 0 Å². The van der Waals surface area contributed by atoms with Crippen molar-refractivity contribution in [2.75, 3.05) is 30.8 Å². The van der Waals surface area contributed by atoms with Crippen molar-refractivity contribution < 1.29 is 27.5 Å². The third kappa shape index (κ3) is 4.74. The van der Waals surface area contributed by atoms with E-state index in [1.165, 1.54) is 10.4 Å². The number of carbonyl (C=O) groups is 2. The number of piperidine rings is 1. The summed E-state index contributed by atoms with van der Waals surface area (Å²) in [5.74, 6) is 0.00273. The van der Waals surface area contributed by atoms with Crippen LogP contribution >= 0.6 is 0 Å². The fraction of sp³-hybridized carbons (Fsp3) is 0.417. The first-order chi connectivity index (χ1) is 16.2. The third-order valence-corrected chi connectivity index (χ3v) is 8.18. The zero-order chi connectivity index (χ0) is 24.5. The Morgan fingerprint density at radius 3 is 2.82 bits per heavy atom. The number of nitrogens with one attached hydrogen (secondary N) is 2. The molecule has 2 N–H and O–H groups in total. The number of benzene rings is 2.